The van der Waals surface area contributed by atoms with Gasteiger partial charge in [0.2, 0.25) is 0 Å². The van der Waals surface area contributed by atoms with Gasteiger partial charge in [-0.3, -0.25) is 0 Å². The van der Waals surface area contributed by atoms with Crippen LogP contribution in [0.3, 0.4) is 0 Å². The predicted octanol–water partition coefficient (Wildman–Crippen LogP) is 1.51. The second-order valence-electron chi connectivity index (χ2n) is 3.31. The summed E-state index contributed by atoms with van der Waals surface area (Å²) in [6, 6.07) is 0. The Morgan fingerprint density at radius 1 is 1.53 bits per heavy atom. The number of ether oxygens (including phenoxy) is 1. The van der Waals surface area contributed by atoms with E-state index in [9.17, 15) is 18.0 Å². The standard InChI is InChI=1S/C9H12F3N3O2/c1-3-17-8(16)6-7(13)15(5(2)14-6)4-9(10,11)12/h3-4,13H2,1-2H3. The predicted molar refractivity (Wildman–Crippen MR) is 53.4 cm³/mol. The SMILES string of the molecule is CCOC(=O)c1nc(C)n(CC(F)(F)F)c1N. The Bertz CT molecular complexity index is 426. The van der Waals surface area contributed by atoms with Gasteiger partial charge in [-0.2, -0.15) is 13.2 Å². The number of nitrogen functional groups attached to an aromatic ring is 1. The van der Waals surface area contributed by atoms with Gasteiger partial charge in [-0.05, 0) is 13.8 Å². The van der Waals surface area contributed by atoms with Crippen LogP contribution in [0.2, 0.25) is 0 Å². The van der Waals surface area contributed by atoms with E-state index in [1.165, 1.54) is 6.92 Å². The lowest BCUT2D eigenvalue weighted by atomic mass is 10.4. The van der Waals surface area contributed by atoms with E-state index in [1.807, 2.05) is 0 Å². The second-order valence-corrected chi connectivity index (χ2v) is 3.31. The molecule has 2 N–H and O–H groups in total. The fourth-order valence-corrected chi connectivity index (χ4v) is 1.31. The zero-order valence-corrected chi connectivity index (χ0v) is 9.34. The summed E-state index contributed by atoms with van der Waals surface area (Å²) in [7, 11) is 0. The molecule has 0 aliphatic heterocycles. The van der Waals surface area contributed by atoms with Crippen LogP contribution in [-0.2, 0) is 11.3 Å². The molecule has 0 aliphatic carbocycles. The highest BCUT2D eigenvalue weighted by molar-refractivity contribution is 5.92. The summed E-state index contributed by atoms with van der Waals surface area (Å²) in [5, 5.41) is 0. The lowest BCUT2D eigenvalue weighted by Gasteiger charge is -2.10. The van der Waals surface area contributed by atoms with Crippen LogP contribution in [0.1, 0.15) is 23.2 Å². The van der Waals surface area contributed by atoms with Crippen LogP contribution in [0.15, 0.2) is 0 Å². The number of imidazole rings is 1. The number of alkyl halides is 3. The third kappa shape index (κ3) is 3.11. The Labute approximate surface area is 95.4 Å². The number of hydrogen-bond acceptors (Lipinski definition) is 4. The number of halogens is 3. The highest BCUT2D eigenvalue weighted by Gasteiger charge is 2.31. The molecule has 0 aliphatic rings. The van der Waals surface area contributed by atoms with Gasteiger partial charge in [0, 0.05) is 0 Å². The number of nitrogens with zero attached hydrogens (tertiary/aromatic N) is 2. The van der Waals surface area contributed by atoms with Gasteiger partial charge in [-0.1, -0.05) is 0 Å². The lowest BCUT2D eigenvalue weighted by Crippen LogP contribution is -2.20. The Balaban J connectivity index is 3.06. The third-order valence-electron chi connectivity index (χ3n) is 2.00. The van der Waals surface area contributed by atoms with E-state index >= 15 is 0 Å². The molecule has 1 rings (SSSR count). The summed E-state index contributed by atoms with van der Waals surface area (Å²) in [6.45, 7) is 1.74. The van der Waals surface area contributed by atoms with Gasteiger partial charge in [-0.25, -0.2) is 9.78 Å². The molecule has 1 aromatic heterocycles. The van der Waals surface area contributed by atoms with Crippen molar-refractivity contribution in [1.29, 1.82) is 0 Å². The van der Waals surface area contributed by atoms with Crippen molar-refractivity contribution < 1.29 is 22.7 Å². The minimum absolute atomic E-state index is 0.0166. The van der Waals surface area contributed by atoms with Crippen LogP contribution in [0.25, 0.3) is 0 Å². The lowest BCUT2D eigenvalue weighted by molar-refractivity contribution is -0.140. The van der Waals surface area contributed by atoms with Crippen LogP contribution >= 0.6 is 0 Å². The zero-order chi connectivity index (χ0) is 13.2. The van der Waals surface area contributed by atoms with E-state index in [1.54, 1.807) is 6.92 Å². The molecule has 0 saturated carbocycles. The minimum Gasteiger partial charge on any atom is -0.461 e. The van der Waals surface area contributed by atoms with E-state index in [2.05, 4.69) is 9.72 Å². The summed E-state index contributed by atoms with van der Waals surface area (Å²) < 4.78 is 42.1. The van der Waals surface area contributed by atoms with Crippen LogP contribution in [0, 0.1) is 6.92 Å². The van der Waals surface area contributed by atoms with E-state index in [0.717, 1.165) is 4.57 Å². The number of nitrogens with two attached hydrogens (primary N) is 1. The Hall–Kier alpha value is -1.73. The first kappa shape index (κ1) is 13.3. The molecule has 0 amide bonds. The number of aryl methyl sites for hydroxylation is 1. The number of rotatable bonds is 3. The first-order valence-corrected chi connectivity index (χ1v) is 4.82. The van der Waals surface area contributed by atoms with Gasteiger partial charge in [-0.15, -0.1) is 0 Å². The molecular weight excluding hydrogens is 239 g/mol. The number of anilines is 1. The van der Waals surface area contributed by atoms with Crippen molar-refractivity contribution in [1.82, 2.24) is 9.55 Å². The number of hydrogen-bond donors (Lipinski definition) is 1. The molecule has 0 atom stereocenters. The summed E-state index contributed by atoms with van der Waals surface area (Å²) >= 11 is 0. The van der Waals surface area contributed by atoms with Gasteiger partial charge in [0.1, 0.15) is 18.2 Å². The average Bonchev–Trinajstić information content (AvgIpc) is 2.44. The van der Waals surface area contributed by atoms with Crippen LogP contribution < -0.4 is 5.73 Å². The Morgan fingerprint density at radius 2 is 2.12 bits per heavy atom. The first-order valence-electron chi connectivity index (χ1n) is 4.82. The summed E-state index contributed by atoms with van der Waals surface area (Å²) in [5.41, 5.74) is 5.16. The van der Waals surface area contributed by atoms with Gasteiger partial charge in [0.05, 0.1) is 6.61 Å². The molecule has 8 heteroatoms. The third-order valence-corrected chi connectivity index (χ3v) is 2.00. The van der Waals surface area contributed by atoms with Crippen molar-refractivity contribution >= 4 is 11.8 Å². The van der Waals surface area contributed by atoms with Gasteiger partial charge < -0.3 is 15.0 Å². The smallest absolute Gasteiger partial charge is 0.406 e. The molecule has 0 fully saturated rings. The van der Waals surface area contributed by atoms with Gasteiger partial charge >= 0.3 is 12.1 Å². The molecule has 0 spiro atoms. The van der Waals surface area contributed by atoms with E-state index < -0.39 is 18.7 Å². The molecule has 1 aromatic rings. The molecule has 5 nitrogen and oxygen atoms in total. The molecule has 0 unspecified atom stereocenters. The van der Waals surface area contributed by atoms with E-state index in [-0.39, 0.29) is 23.9 Å². The van der Waals surface area contributed by atoms with E-state index in [4.69, 9.17) is 5.73 Å². The fraction of sp³-hybridized carbons (Fsp3) is 0.556. The van der Waals surface area contributed by atoms with Crippen molar-refractivity contribution in [3.05, 3.63) is 11.5 Å². The van der Waals surface area contributed by atoms with Crippen molar-refractivity contribution in [3.8, 4) is 0 Å². The number of aromatic nitrogens is 2. The summed E-state index contributed by atoms with van der Waals surface area (Å²) in [5.74, 6) is -1.14. The Kier molecular flexibility index (Phi) is 3.64. The van der Waals surface area contributed by atoms with Crippen molar-refractivity contribution in [2.45, 2.75) is 26.6 Å². The number of carbonyl (C=O) groups excluding carboxylic acids is 1. The number of carbonyl (C=O) groups is 1. The van der Waals surface area contributed by atoms with Gasteiger partial charge in [0.25, 0.3) is 0 Å². The minimum atomic E-state index is -4.43. The quantitative estimate of drug-likeness (QED) is 0.827. The molecule has 1 heterocycles. The van der Waals surface area contributed by atoms with Crippen molar-refractivity contribution in [2.75, 3.05) is 12.3 Å². The highest BCUT2D eigenvalue weighted by Crippen LogP contribution is 2.23. The van der Waals surface area contributed by atoms with Crippen molar-refractivity contribution in [3.63, 3.8) is 0 Å². The highest BCUT2D eigenvalue weighted by atomic mass is 19.4. The van der Waals surface area contributed by atoms with Gasteiger partial charge in [0.15, 0.2) is 5.69 Å². The molecule has 17 heavy (non-hydrogen) atoms. The maximum atomic E-state index is 12.2. The van der Waals surface area contributed by atoms with Crippen LogP contribution in [0.5, 0.6) is 0 Å². The second kappa shape index (κ2) is 4.64. The van der Waals surface area contributed by atoms with Crippen LogP contribution in [0.4, 0.5) is 19.0 Å². The maximum absolute atomic E-state index is 12.2. The Morgan fingerprint density at radius 3 is 2.59 bits per heavy atom. The molecule has 96 valence electrons. The molecule has 0 radical (unpaired) electrons. The zero-order valence-electron chi connectivity index (χ0n) is 9.34. The molecule has 0 aromatic carbocycles. The average molecular weight is 251 g/mol. The van der Waals surface area contributed by atoms with E-state index in [0.29, 0.717) is 0 Å². The van der Waals surface area contributed by atoms with Crippen molar-refractivity contribution in [2.24, 2.45) is 0 Å². The first-order chi connectivity index (χ1) is 7.76. The number of esters is 1. The largest absolute Gasteiger partial charge is 0.461 e. The van der Waals surface area contributed by atoms with Crippen LogP contribution in [-0.4, -0.2) is 28.3 Å². The summed E-state index contributed by atoms with van der Waals surface area (Å²) in [6.07, 6.45) is -4.43. The molecule has 0 saturated heterocycles. The monoisotopic (exact) mass is 251 g/mol. The topological polar surface area (TPSA) is 70.1 Å². The molecule has 0 bridgehead atoms. The normalized spacial score (nSPS) is 11.6. The fourth-order valence-electron chi connectivity index (χ4n) is 1.31. The maximum Gasteiger partial charge on any atom is 0.406 e. The molecular formula is C9H12F3N3O2. The summed E-state index contributed by atoms with van der Waals surface area (Å²) in [4.78, 5) is 15.0.